The fourth-order valence-corrected chi connectivity index (χ4v) is 1.68. The first-order chi connectivity index (χ1) is 9.47. The summed E-state index contributed by atoms with van der Waals surface area (Å²) in [5.74, 6) is -1.61. The van der Waals surface area contributed by atoms with Gasteiger partial charge in [0.15, 0.2) is 0 Å². The van der Waals surface area contributed by atoms with Gasteiger partial charge in [-0.15, -0.1) is 0 Å². The van der Waals surface area contributed by atoms with Crippen LogP contribution < -0.4 is 10.6 Å². The van der Waals surface area contributed by atoms with Crippen molar-refractivity contribution in [3.63, 3.8) is 0 Å². The molecule has 0 aliphatic heterocycles. The monoisotopic (exact) mass is 295 g/mol. The van der Waals surface area contributed by atoms with Crippen molar-refractivity contribution in [3.05, 3.63) is 28.8 Å². The summed E-state index contributed by atoms with van der Waals surface area (Å²) in [5.41, 5.74) is 0.552. The standard InChI is InChI=1S/C13H14ClN3O3/c1-2-8(12(18)19)7-16-13(20)17-11-5-10(14)4-3-9(11)6-15/h3-5,8H,2,7H2,1H3,(H,18,19)(H2,16,17,20). The maximum atomic E-state index is 11.7. The van der Waals surface area contributed by atoms with Crippen LogP contribution in [-0.4, -0.2) is 23.7 Å². The Labute approximate surface area is 121 Å². The molecule has 1 atom stereocenters. The van der Waals surface area contributed by atoms with Crippen LogP contribution in [0.5, 0.6) is 0 Å². The lowest BCUT2D eigenvalue weighted by Gasteiger charge is -2.12. The molecule has 0 spiro atoms. The predicted octanol–water partition coefficient (Wildman–Crippen LogP) is 2.44. The van der Waals surface area contributed by atoms with Crippen molar-refractivity contribution < 1.29 is 14.7 Å². The molecule has 20 heavy (non-hydrogen) atoms. The summed E-state index contributed by atoms with van der Waals surface area (Å²) in [6.07, 6.45) is 0.413. The molecule has 7 heteroatoms. The molecule has 6 nitrogen and oxygen atoms in total. The quantitative estimate of drug-likeness (QED) is 0.776. The molecular formula is C13H14ClN3O3. The summed E-state index contributed by atoms with van der Waals surface area (Å²) >= 11 is 5.79. The van der Waals surface area contributed by atoms with Gasteiger partial charge in [-0.2, -0.15) is 5.26 Å². The van der Waals surface area contributed by atoms with Crippen molar-refractivity contribution in [1.29, 1.82) is 5.26 Å². The molecule has 0 aromatic heterocycles. The molecule has 0 aliphatic carbocycles. The smallest absolute Gasteiger partial charge is 0.319 e. The van der Waals surface area contributed by atoms with Crippen LogP contribution in [0.25, 0.3) is 0 Å². The Balaban J connectivity index is 2.65. The third-order valence-corrected chi connectivity index (χ3v) is 2.94. The number of hydrogen-bond donors (Lipinski definition) is 3. The summed E-state index contributed by atoms with van der Waals surface area (Å²) in [4.78, 5) is 22.5. The van der Waals surface area contributed by atoms with E-state index in [0.717, 1.165) is 0 Å². The van der Waals surface area contributed by atoms with E-state index in [4.69, 9.17) is 22.0 Å². The van der Waals surface area contributed by atoms with Gasteiger partial charge in [0.05, 0.1) is 17.2 Å². The number of carboxylic acid groups (broad SMARTS) is 1. The number of nitriles is 1. The van der Waals surface area contributed by atoms with Gasteiger partial charge in [-0.25, -0.2) is 4.79 Å². The number of aliphatic carboxylic acids is 1. The highest BCUT2D eigenvalue weighted by atomic mass is 35.5. The molecule has 0 heterocycles. The van der Waals surface area contributed by atoms with Crippen LogP contribution in [0.1, 0.15) is 18.9 Å². The van der Waals surface area contributed by atoms with E-state index in [-0.39, 0.29) is 17.8 Å². The Hall–Kier alpha value is -2.26. The first-order valence-corrected chi connectivity index (χ1v) is 6.33. The summed E-state index contributed by atoms with van der Waals surface area (Å²) in [5, 5.41) is 23.1. The minimum Gasteiger partial charge on any atom is -0.481 e. The summed E-state index contributed by atoms with van der Waals surface area (Å²) in [6, 6.07) is 5.83. The summed E-state index contributed by atoms with van der Waals surface area (Å²) < 4.78 is 0. The molecule has 0 radical (unpaired) electrons. The van der Waals surface area contributed by atoms with Gasteiger partial charge in [0.2, 0.25) is 0 Å². The molecular weight excluding hydrogens is 282 g/mol. The normalized spacial score (nSPS) is 11.2. The molecule has 0 saturated carbocycles. The predicted molar refractivity (Wildman–Crippen MR) is 74.6 cm³/mol. The number of carboxylic acids is 1. The van der Waals surface area contributed by atoms with Gasteiger partial charge in [-0.05, 0) is 24.6 Å². The van der Waals surface area contributed by atoms with Crippen LogP contribution in [0, 0.1) is 17.2 Å². The molecule has 3 N–H and O–H groups in total. The van der Waals surface area contributed by atoms with E-state index in [0.29, 0.717) is 11.4 Å². The van der Waals surface area contributed by atoms with Crippen LogP contribution in [0.4, 0.5) is 10.5 Å². The lowest BCUT2D eigenvalue weighted by Crippen LogP contribution is -2.35. The number of nitrogens with zero attached hydrogens (tertiary/aromatic N) is 1. The second kappa shape index (κ2) is 7.36. The molecule has 2 amide bonds. The number of benzene rings is 1. The molecule has 1 aromatic carbocycles. The highest BCUT2D eigenvalue weighted by Gasteiger charge is 2.16. The Morgan fingerprint density at radius 2 is 2.20 bits per heavy atom. The summed E-state index contributed by atoms with van der Waals surface area (Å²) in [6.45, 7) is 1.74. The number of anilines is 1. The number of hydrogen-bond acceptors (Lipinski definition) is 3. The highest BCUT2D eigenvalue weighted by molar-refractivity contribution is 6.31. The first kappa shape index (κ1) is 15.8. The zero-order chi connectivity index (χ0) is 15.1. The van der Waals surface area contributed by atoms with Gasteiger partial charge in [-0.3, -0.25) is 4.79 Å². The number of urea groups is 1. The first-order valence-electron chi connectivity index (χ1n) is 5.95. The number of carbonyl (C=O) groups is 2. The number of halogens is 1. The van der Waals surface area contributed by atoms with Crippen LogP contribution >= 0.6 is 11.6 Å². The highest BCUT2D eigenvalue weighted by Crippen LogP contribution is 2.20. The van der Waals surface area contributed by atoms with E-state index in [2.05, 4.69) is 10.6 Å². The SMILES string of the molecule is CCC(CNC(=O)Nc1cc(Cl)ccc1C#N)C(=O)O. The number of rotatable bonds is 5. The Morgan fingerprint density at radius 1 is 1.50 bits per heavy atom. The van der Waals surface area contributed by atoms with Gasteiger partial charge < -0.3 is 15.7 Å². The molecule has 0 fully saturated rings. The van der Waals surface area contributed by atoms with Crippen molar-refractivity contribution in [2.24, 2.45) is 5.92 Å². The van der Waals surface area contributed by atoms with E-state index in [1.165, 1.54) is 12.1 Å². The van der Waals surface area contributed by atoms with Crippen LogP contribution in [0.3, 0.4) is 0 Å². The molecule has 1 unspecified atom stereocenters. The number of carbonyl (C=O) groups excluding carboxylic acids is 1. The van der Waals surface area contributed by atoms with E-state index in [9.17, 15) is 9.59 Å². The molecule has 0 aliphatic rings. The molecule has 106 valence electrons. The Kier molecular flexibility index (Phi) is 5.81. The molecule has 0 bridgehead atoms. The minimum absolute atomic E-state index is 0.0140. The molecule has 1 aromatic rings. The van der Waals surface area contributed by atoms with Crippen LogP contribution in [0.2, 0.25) is 5.02 Å². The lowest BCUT2D eigenvalue weighted by atomic mass is 10.1. The van der Waals surface area contributed by atoms with E-state index >= 15 is 0 Å². The van der Waals surface area contributed by atoms with E-state index in [1.54, 1.807) is 13.0 Å². The number of amides is 2. The third-order valence-electron chi connectivity index (χ3n) is 2.70. The number of nitrogens with one attached hydrogen (secondary N) is 2. The van der Waals surface area contributed by atoms with Crippen molar-refractivity contribution in [1.82, 2.24) is 5.32 Å². The van der Waals surface area contributed by atoms with Gasteiger partial charge in [0, 0.05) is 11.6 Å². The van der Waals surface area contributed by atoms with Gasteiger partial charge in [-0.1, -0.05) is 18.5 Å². The second-order valence-corrected chi connectivity index (χ2v) is 4.52. The second-order valence-electron chi connectivity index (χ2n) is 4.08. The maximum Gasteiger partial charge on any atom is 0.319 e. The molecule has 1 rings (SSSR count). The van der Waals surface area contributed by atoms with E-state index < -0.39 is 17.9 Å². The van der Waals surface area contributed by atoms with Crippen molar-refractivity contribution in [2.75, 3.05) is 11.9 Å². The van der Waals surface area contributed by atoms with Crippen molar-refractivity contribution in [3.8, 4) is 6.07 Å². The average Bonchev–Trinajstić information content (AvgIpc) is 2.39. The lowest BCUT2D eigenvalue weighted by molar-refractivity contribution is -0.141. The average molecular weight is 296 g/mol. The van der Waals surface area contributed by atoms with Crippen LogP contribution in [0.15, 0.2) is 18.2 Å². The van der Waals surface area contributed by atoms with E-state index in [1.807, 2.05) is 6.07 Å². The zero-order valence-electron chi connectivity index (χ0n) is 10.8. The fourth-order valence-electron chi connectivity index (χ4n) is 1.51. The van der Waals surface area contributed by atoms with Gasteiger partial charge >= 0.3 is 12.0 Å². The third kappa shape index (κ3) is 4.44. The topological polar surface area (TPSA) is 102 Å². The van der Waals surface area contributed by atoms with Gasteiger partial charge in [0.25, 0.3) is 0 Å². The van der Waals surface area contributed by atoms with Crippen LogP contribution in [-0.2, 0) is 4.79 Å². The fraction of sp³-hybridized carbons (Fsp3) is 0.308. The maximum absolute atomic E-state index is 11.7. The zero-order valence-corrected chi connectivity index (χ0v) is 11.6. The largest absolute Gasteiger partial charge is 0.481 e. The minimum atomic E-state index is -0.965. The Morgan fingerprint density at radius 3 is 2.75 bits per heavy atom. The van der Waals surface area contributed by atoms with Gasteiger partial charge in [0.1, 0.15) is 6.07 Å². The molecule has 0 saturated heterocycles. The van der Waals surface area contributed by atoms with Crippen molar-refractivity contribution in [2.45, 2.75) is 13.3 Å². The summed E-state index contributed by atoms with van der Waals surface area (Å²) in [7, 11) is 0. The Bertz CT molecular complexity index is 554. The van der Waals surface area contributed by atoms with Crippen molar-refractivity contribution >= 4 is 29.3 Å².